The molecule has 0 aliphatic carbocycles. The van der Waals surface area contributed by atoms with Crippen molar-refractivity contribution in [2.24, 2.45) is 5.73 Å². The van der Waals surface area contributed by atoms with Gasteiger partial charge < -0.3 is 5.73 Å². The molecule has 0 rings (SSSR count). The minimum Gasteiger partial charge on any atom is -0.325 e. The van der Waals surface area contributed by atoms with Crippen LogP contribution >= 0.6 is 0 Å². The van der Waals surface area contributed by atoms with Crippen LogP contribution in [0.3, 0.4) is 0 Å². The largest absolute Gasteiger partial charge is 0.325 e. The van der Waals surface area contributed by atoms with Crippen molar-refractivity contribution in [3.05, 3.63) is 0 Å². The summed E-state index contributed by atoms with van der Waals surface area (Å²) in [5.41, 5.74) is 6.92. The molecule has 2 heteroatoms. The second-order valence-electron chi connectivity index (χ2n) is 8.40. The minimum absolute atomic E-state index is 0.141. The first-order valence-corrected chi connectivity index (χ1v) is 13.3. The Bertz CT molecular complexity index is 234. The van der Waals surface area contributed by atoms with Crippen molar-refractivity contribution in [3.63, 3.8) is 0 Å². The van der Waals surface area contributed by atoms with Crippen LogP contribution < -0.4 is 5.73 Å². The Labute approximate surface area is 136 Å². The average Bonchev–Trinajstić information content (AvgIpc) is 2.40. The lowest BCUT2D eigenvalue weighted by Crippen LogP contribution is -2.39. The van der Waals surface area contributed by atoms with Crippen molar-refractivity contribution in [1.82, 2.24) is 0 Å². The molecule has 0 aliphatic rings. The van der Waals surface area contributed by atoms with E-state index in [2.05, 4.69) is 33.5 Å². The maximum absolute atomic E-state index is 6.78. The smallest absolute Gasteiger partial charge is 0.0442 e. The van der Waals surface area contributed by atoms with E-state index >= 15 is 0 Å². The van der Waals surface area contributed by atoms with E-state index in [1.807, 2.05) is 0 Å². The van der Waals surface area contributed by atoms with Crippen molar-refractivity contribution in [2.45, 2.75) is 122 Å². The Morgan fingerprint density at radius 2 is 1.10 bits per heavy atom. The van der Waals surface area contributed by atoms with E-state index in [1.165, 1.54) is 83.1 Å². The summed E-state index contributed by atoms with van der Waals surface area (Å²) >= 11 is 0. The monoisotopic (exact) mass is 313 g/mol. The Hall–Kier alpha value is 0.177. The summed E-state index contributed by atoms with van der Waals surface area (Å²) in [7, 11) is -0.862. The van der Waals surface area contributed by atoms with Gasteiger partial charge in [-0.15, -0.1) is 0 Å². The van der Waals surface area contributed by atoms with Gasteiger partial charge in [0.15, 0.2) is 0 Å². The van der Waals surface area contributed by atoms with Crippen LogP contribution in [-0.2, 0) is 0 Å². The summed E-state index contributed by atoms with van der Waals surface area (Å²) in [6.07, 6.45) is 15.9. The molecule has 1 atom stereocenters. The topological polar surface area (TPSA) is 26.0 Å². The lowest BCUT2D eigenvalue weighted by Gasteiger charge is -2.30. The molecule has 128 valence electrons. The van der Waals surface area contributed by atoms with Crippen LogP contribution in [0.1, 0.15) is 90.9 Å². The molecule has 1 unspecified atom stereocenters. The molecule has 0 aromatic carbocycles. The molecule has 1 nitrogen and oxygen atoms in total. The molecule has 0 amide bonds. The third-order valence-electron chi connectivity index (χ3n) is 4.66. The first-order valence-electron chi connectivity index (χ1n) is 9.62. The first kappa shape index (κ1) is 21.2. The Morgan fingerprint density at radius 3 is 1.57 bits per heavy atom. The van der Waals surface area contributed by atoms with E-state index in [9.17, 15) is 0 Å². The third kappa shape index (κ3) is 13.6. The van der Waals surface area contributed by atoms with Crippen LogP contribution in [0.5, 0.6) is 0 Å². The van der Waals surface area contributed by atoms with Crippen molar-refractivity contribution in [2.75, 3.05) is 0 Å². The van der Waals surface area contributed by atoms with Gasteiger partial charge in [0.05, 0.1) is 0 Å². The van der Waals surface area contributed by atoms with Gasteiger partial charge in [0, 0.05) is 13.6 Å². The fourth-order valence-electron chi connectivity index (χ4n) is 3.14. The van der Waals surface area contributed by atoms with Crippen LogP contribution in [0, 0.1) is 0 Å². The second-order valence-corrected chi connectivity index (χ2v) is 14.0. The lowest BCUT2D eigenvalue weighted by atomic mass is 9.83. The van der Waals surface area contributed by atoms with Crippen LogP contribution in [0.15, 0.2) is 0 Å². The maximum atomic E-state index is 6.78. The fourth-order valence-corrected chi connectivity index (χ4v) is 4.45. The van der Waals surface area contributed by atoms with Gasteiger partial charge in [0.1, 0.15) is 0 Å². The summed E-state index contributed by atoms with van der Waals surface area (Å²) < 4.78 is 0. The summed E-state index contributed by atoms with van der Waals surface area (Å²) in [6.45, 7) is 12.0. The van der Waals surface area contributed by atoms with Crippen LogP contribution in [0.4, 0.5) is 0 Å². The Balaban J connectivity index is 4.10. The maximum Gasteiger partial charge on any atom is 0.0442 e. The first-order chi connectivity index (χ1) is 9.83. The number of nitrogens with two attached hydrogens (primary N) is 1. The average molecular weight is 314 g/mol. The number of hydrogen-bond acceptors (Lipinski definition) is 1. The van der Waals surface area contributed by atoms with Crippen molar-refractivity contribution >= 4 is 8.07 Å². The standard InChI is InChI=1S/C19H43NSi/c1-6-8-10-12-16-19(20,15-11-9-7-2)17-13-14-18-21(3,4)5/h6-18,20H2,1-5H3. The summed E-state index contributed by atoms with van der Waals surface area (Å²) in [5, 5.41) is 0. The van der Waals surface area contributed by atoms with E-state index in [4.69, 9.17) is 5.73 Å². The summed E-state index contributed by atoms with van der Waals surface area (Å²) in [5.74, 6) is 0. The van der Waals surface area contributed by atoms with E-state index in [0.717, 1.165) is 0 Å². The number of hydrogen-bond donors (Lipinski definition) is 1. The number of unbranched alkanes of at least 4 members (excludes halogenated alkanes) is 6. The lowest BCUT2D eigenvalue weighted by molar-refractivity contribution is 0.307. The third-order valence-corrected chi connectivity index (χ3v) is 6.51. The van der Waals surface area contributed by atoms with E-state index < -0.39 is 8.07 Å². The summed E-state index contributed by atoms with van der Waals surface area (Å²) in [6, 6.07) is 1.47. The Kier molecular flexibility index (Phi) is 11.8. The zero-order valence-electron chi connectivity index (χ0n) is 15.8. The highest BCUT2D eigenvalue weighted by Crippen LogP contribution is 2.27. The van der Waals surface area contributed by atoms with E-state index in [-0.39, 0.29) is 5.54 Å². The molecule has 0 spiro atoms. The molecule has 0 saturated carbocycles. The highest BCUT2D eigenvalue weighted by Gasteiger charge is 2.23. The second kappa shape index (κ2) is 11.7. The molecule has 0 aliphatic heterocycles. The molecular formula is C19H43NSi. The van der Waals surface area contributed by atoms with Crippen molar-refractivity contribution in [3.8, 4) is 0 Å². The molecule has 21 heavy (non-hydrogen) atoms. The quantitative estimate of drug-likeness (QED) is 0.279. The van der Waals surface area contributed by atoms with Gasteiger partial charge in [-0.3, -0.25) is 0 Å². The predicted octanol–water partition coefficient (Wildman–Crippen LogP) is 6.74. The summed E-state index contributed by atoms with van der Waals surface area (Å²) in [4.78, 5) is 0. The van der Waals surface area contributed by atoms with Gasteiger partial charge >= 0.3 is 0 Å². The SMILES string of the molecule is CCCCCCC(N)(CCCCC)CCCC[Si](C)(C)C. The van der Waals surface area contributed by atoms with Crippen molar-refractivity contribution < 1.29 is 0 Å². The molecule has 0 bridgehead atoms. The normalized spacial score (nSPS) is 15.1. The molecule has 0 saturated heterocycles. The Morgan fingerprint density at radius 1 is 0.667 bits per heavy atom. The van der Waals surface area contributed by atoms with Gasteiger partial charge in [-0.2, -0.15) is 0 Å². The molecule has 0 aromatic rings. The fraction of sp³-hybridized carbons (Fsp3) is 1.00. The molecule has 0 fully saturated rings. The highest BCUT2D eigenvalue weighted by atomic mass is 28.3. The van der Waals surface area contributed by atoms with Gasteiger partial charge in [-0.25, -0.2) is 0 Å². The predicted molar refractivity (Wildman–Crippen MR) is 102 cm³/mol. The molecular weight excluding hydrogens is 270 g/mol. The van der Waals surface area contributed by atoms with Crippen LogP contribution in [-0.4, -0.2) is 13.6 Å². The van der Waals surface area contributed by atoms with E-state index in [0.29, 0.717) is 0 Å². The highest BCUT2D eigenvalue weighted by molar-refractivity contribution is 6.76. The van der Waals surface area contributed by atoms with Crippen molar-refractivity contribution in [1.29, 1.82) is 0 Å². The van der Waals surface area contributed by atoms with Gasteiger partial charge in [0.25, 0.3) is 0 Å². The van der Waals surface area contributed by atoms with Gasteiger partial charge in [0.2, 0.25) is 0 Å². The van der Waals surface area contributed by atoms with E-state index in [1.54, 1.807) is 0 Å². The van der Waals surface area contributed by atoms with Gasteiger partial charge in [-0.05, 0) is 19.3 Å². The zero-order valence-corrected chi connectivity index (χ0v) is 16.8. The van der Waals surface area contributed by atoms with Crippen LogP contribution in [0.2, 0.25) is 25.7 Å². The molecule has 0 radical (unpaired) electrons. The number of rotatable bonds is 14. The van der Waals surface area contributed by atoms with Gasteiger partial charge in [-0.1, -0.05) is 97.3 Å². The molecule has 0 heterocycles. The molecule has 0 aromatic heterocycles. The van der Waals surface area contributed by atoms with Crippen LogP contribution in [0.25, 0.3) is 0 Å². The zero-order chi connectivity index (χ0) is 16.2. The molecule has 2 N–H and O–H groups in total. The minimum atomic E-state index is -0.862.